The van der Waals surface area contributed by atoms with Crippen molar-refractivity contribution in [2.45, 2.75) is 52.4 Å². The fraction of sp³-hybridized carbons (Fsp3) is 0.750. The minimum absolute atomic E-state index is 0.138. The molecule has 0 saturated heterocycles. The van der Waals surface area contributed by atoms with E-state index in [-0.39, 0.29) is 16.7 Å². The normalized spacial score (nSPS) is 10.1. The Labute approximate surface area is 101 Å². The van der Waals surface area contributed by atoms with Crippen LogP contribution in [0.25, 0.3) is 0 Å². The zero-order valence-corrected chi connectivity index (χ0v) is 10.9. The van der Waals surface area contributed by atoms with Crippen molar-refractivity contribution in [1.29, 1.82) is 0 Å². The van der Waals surface area contributed by atoms with Crippen molar-refractivity contribution in [3.05, 3.63) is 0 Å². The zero-order valence-electron chi connectivity index (χ0n) is 10.1. The Morgan fingerprint density at radius 2 is 1.38 bits per heavy atom. The molecule has 0 atom stereocenters. The second-order valence-electron chi connectivity index (χ2n) is 3.94. The third-order valence-corrected chi connectivity index (χ3v) is 3.11. The van der Waals surface area contributed by atoms with E-state index in [1.807, 2.05) is 0 Å². The summed E-state index contributed by atoms with van der Waals surface area (Å²) in [4.78, 5) is 32.6. The summed E-state index contributed by atoms with van der Waals surface area (Å²) in [7, 11) is 0. The highest BCUT2D eigenvalue weighted by Crippen LogP contribution is 2.12. The van der Waals surface area contributed by atoms with Crippen LogP contribution in [0.2, 0.25) is 0 Å². The fourth-order valence-electron chi connectivity index (χ4n) is 1.22. The van der Waals surface area contributed by atoms with Crippen LogP contribution in [0, 0.1) is 0 Å². The van der Waals surface area contributed by atoms with Crippen LogP contribution in [-0.2, 0) is 14.4 Å². The number of carbonyl (C=O) groups excluding carboxylic acids is 3. The summed E-state index contributed by atoms with van der Waals surface area (Å²) in [6.45, 7) is 3.12. The number of Topliss-reactive ketones (excluding diaryl/α,β-unsaturated/α-hetero) is 2. The quantitative estimate of drug-likeness (QED) is 0.585. The predicted octanol–water partition coefficient (Wildman–Crippen LogP) is 2.76. The molecule has 0 heterocycles. The fourth-order valence-corrected chi connectivity index (χ4v) is 2.08. The Bertz CT molecular complexity index is 249. The van der Waals surface area contributed by atoms with Crippen molar-refractivity contribution in [2.75, 3.05) is 5.75 Å². The largest absolute Gasteiger partial charge is 0.300 e. The van der Waals surface area contributed by atoms with Crippen LogP contribution >= 0.6 is 11.8 Å². The van der Waals surface area contributed by atoms with Crippen molar-refractivity contribution in [3.63, 3.8) is 0 Å². The third-order valence-electron chi connectivity index (χ3n) is 2.10. The van der Waals surface area contributed by atoms with Gasteiger partial charge in [-0.2, -0.15) is 0 Å². The SMILES string of the molecule is CC(=O)CCCCSC(=O)CCCC(C)=O. The maximum atomic E-state index is 11.3. The van der Waals surface area contributed by atoms with Crippen molar-refractivity contribution in [2.24, 2.45) is 0 Å². The number of ketones is 2. The van der Waals surface area contributed by atoms with Crippen molar-refractivity contribution in [3.8, 4) is 0 Å². The highest BCUT2D eigenvalue weighted by molar-refractivity contribution is 8.13. The van der Waals surface area contributed by atoms with Crippen molar-refractivity contribution < 1.29 is 14.4 Å². The average molecular weight is 244 g/mol. The Balaban J connectivity index is 3.30. The second-order valence-corrected chi connectivity index (χ2v) is 5.09. The van der Waals surface area contributed by atoms with E-state index < -0.39 is 0 Å². The van der Waals surface area contributed by atoms with Crippen LogP contribution in [0.3, 0.4) is 0 Å². The van der Waals surface area contributed by atoms with Crippen LogP contribution in [0.15, 0.2) is 0 Å². The van der Waals surface area contributed by atoms with Crippen molar-refractivity contribution >= 4 is 28.4 Å². The van der Waals surface area contributed by atoms with E-state index in [0.717, 1.165) is 18.6 Å². The van der Waals surface area contributed by atoms with Gasteiger partial charge in [-0.1, -0.05) is 11.8 Å². The highest BCUT2D eigenvalue weighted by atomic mass is 32.2. The van der Waals surface area contributed by atoms with Gasteiger partial charge in [0.15, 0.2) is 5.12 Å². The lowest BCUT2D eigenvalue weighted by Gasteiger charge is -2.00. The molecular weight excluding hydrogens is 224 g/mol. The van der Waals surface area contributed by atoms with Crippen molar-refractivity contribution in [1.82, 2.24) is 0 Å². The summed E-state index contributed by atoms with van der Waals surface area (Å²) in [5.41, 5.74) is 0. The molecule has 0 aliphatic heterocycles. The lowest BCUT2D eigenvalue weighted by Crippen LogP contribution is -1.97. The van der Waals surface area contributed by atoms with E-state index >= 15 is 0 Å². The second kappa shape index (κ2) is 9.58. The van der Waals surface area contributed by atoms with Gasteiger partial charge in [-0.05, 0) is 33.1 Å². The maximum absolute atomic E-state index is 11.3. The van der Waals surface area contributed by atoms with Gasteiger partial charge in [-0.15, -0.1) is 0 Å². The molecule has 0 amide bonds. The first kappa shape index (κ1) is 15.4. The predicted molar refractivity (Wildman–Crippen MR) is 66.5 cm³/mol. The molecule has 0 aromatic carbocycles. The Morgan fingerprint density at radius 3 is 1.94 bits per heavy atom. The lowest BCUT2D eigenvalue weighted by molar-refractivity contribution is -0.118. The molecule has 0 saturated carbocycles. The third kappa shape index (κ3) is 11.4. The van der Waals surface area contributed by atoms with Gasteiger partial charge in [-0.25, -0.2) is 0 Å². The molecular formula is C12H20O3S. The Kier molecular flexibility index (Phi) is 9.19. The summed E-state index contributed by atoms with van der Waals surface area (Å²) in [5.74, 6) is 1.13. The number of hydrogen-bond donors (Lipinski definition) is 0. The molecule has 3 nitrogen and oxygen atoms in total. The summed E-state index contributed by atoms with van der Waals surface area (Å²) in [6.07, 6.45) is 4.02. The summed E-state index contributed by atoms with van der Waals surface area (Å²) in [5, 5.41) is 0.157. The summed E-state index contributed by atoms with van der Waals surface area (Å²) >= 11 is 1.32. The van der Waals surface area contributed by atoms with Gasteiger partial charge in [0.1, 0.15) is 11.6 Å². The molecule has 4 heteroatoms. The summed E-state index contributed by atoms with van der Waals surface area (Å²) < 4.78 is 0. The lowest BCUT2D eigenvalue weighted by atomic mass is 10.2. The van der Waals surface area contributed by atoms with E-state index in [1.54, 1.807) is 13.8 Å². The van der Waals surface area contributed by atoms with E-state index in [1.165, 1.54) is 11.8 Å². The van der Waals surface area contributed by atoms with Gasteiger partial charge in [-0.3, -0.25) is 4.79 Å². The zero-order chi connectivity index (χ0) is 12.4. The molecule has 0 unspecified atom stereocenters. The first-order valence-corrected chi connectivity index (χ1v) is 6.65. The first-order chi connectivity index (χ1) is 7.52. The number of thioether (sulfide) groups is 1. The van der Waals surface area contributed by atoms with Crippen LogP contribution < -0.4 is 0 Å². The number of carbonyl (C=O) groups is 3. The standard InChI is InChI=1S/C12H20O3S/c1-10(13)6-3-4-9-16-12(15)8-5-7-11(2)14/h3-9H2,1-2H3. The van der Waals surface area contributed by atoms with Gasteiger partial charge < -0.3 is 9.59 Å². The Morgan fingerprint density at radius 1 is 0.812 bits per heavy atom. The van der Waals surface area contributed by atoms with Crippen LogP contribution in [-0.4, -0.2) is 22.4 Å². The van der Waals surface area contributed by atoms with Gasteiger partial charge in [0, 0.05) is 25.0 Å². The monoisotopic (exact) mass is 244 g/mol. The van der Waals surface area contributed by atoms with E-state index in [9.17, 15) is 14.4 Å². The van der Waals surface area contributed by atoms with Crippen LogP contribution in [0.5, 0.6) is 0 Å². The molecule has 0 N–H and O–H groups in total. The number of rotatable bonds is 9. The van der Waals surface area contributed by atoms with Gasteiger partial charge in [0.05, 0.1) is 0 Å². The molecule has 16 heavy (non-hydrogen) atoms. The minimum atomic E-state index is 0.138. The summed E-state index contributed by atoms with van der Waals surface area (Å²) in [6, 6.07) is 0. The molecule has 0 rings (SSSR count). The molecule has 0 aromatic heterocycles. The molecule has 0 radical (unpaired) electrons. The Hall–Kier alpha value is -0.640. The average Bonchev–Trinajstić information content (AvgIpc) is 2.16. The minimum Gasteiger partial charge on any atom is -0.300 e. The first-order valence-electron chi connectivity index (χ1n) is 5.67. The van der Waals surface area contributed by atoms with E-state index in [4.69, 9.17) is 0 Å². The van der Waals surface area contributed by atoms with E-state index in [2.05, 4.69) is 0 Å². The molecule has 0 aliphatic carbocycles. The molecule has 0 bridgehead atoms. The molecule has 0 spiro atoms. The van der Waals surface area contributed by atoms with Gasteiger partial charge in [0.2, 0.25) is 0 Å². The molecule has 0 fully saturated rings. The molecule has 0 aromatic rings. The number of hydrogen-bond acceptors (Lipinski definition) is 4. The van der Waals surface area contributed by atoms with Crippen LogP contribution in [0.4, 0.5) is 0 Å². The van der Waals surface area contributed by atoms with Gasteiger partial charge in [0.25, 0.3) is 0 Å². The van der Waals surface area contributed by atoms with Gasteiger partial charge >= 0.3 is 0 Å². The molecule has 0 aliphatic rings. The topological polar surface area (TPSA) is 51.2 Å². The van der Waals surface area contributed by atoms with Crippen LogP contribution in [0.1, 0.15) is 52.4 Å². The number of unbranched alkanes of at least 4 members (excludes halogenated alkanes) is 1. The smallest absolute Gasteiger partial charge is 0.188 e. The highest BCUT2D eigenvalue weighted by Gasteiger charge is 2.03. The molecule has 92 valence electrons. The maximum Gasteiger partial charge on any atom is 0.188 e. The van der Waals surface area contributed by atoms with E-state index in [0.29, 0.717) is 25.7 Å².